The largest absolute Gasteiger partial charge is 0.471 e. The van der Waals surface area contributed by atoms with Crippen LogP contribution in [-0.4, -0.2) is 27.0 Å². The van der Waals surface area contributed by atoms with Gasteiger partial charge in [0.25, 0.3) is 0 Å². The van der Waals surface area contributed by atoms with Gasteiger partial charge in [0.2, 0.25) is 11.7 Å². The lowest BCUT2D eigenvalue weighted by molar-refractivity contribution is -0.159. The highest BCUT2D eigenvalue weighted by atomic mass is 32.1. The van der Waals surface area contributed by atoms with E-state index in [2.05, 4.69) is 14.7 Å². The van der Waals surface area contributed by atoms with Gasteiger partial charge in [-0.2, -0.15) is 23.4 Å². The molecule has 0 N–H and O–H groups in total. The molecule has 0 fully saturated rings. The number of carbonyl (C=O) groups is 1. The first-order valence-corrected chi connectivity index (χ1v) is 7.70. The molecule has 0 unspecified atom stereocenters. The van der Waals surface area contributed by atoms with Gasteiger partial charge in [-0.05, 0) is 26.0 Å². The van der Waals surface area contributed by atoms with Crippen LogP contribution in [0.15, 0.2) is 16.7 Å². The summed E-state index contributed by atoms with van der Waals surface area (Å²) in [4.78, 5) is 17.9. The van der Waals surface area contributed by atoms with Crippen molar-refractivity contribution in [2.45, 2.75) is 39.0 Å². The van der Waals surface area contributed by atoms with Crippen LogP contribution in [0.1, 0.15) is 31.0 Å². The number of hydrogen-bond donors (Lipinski definition) is 0. The van der Waals surface area contributed by atoms with Gasteiger partial charge in [-0.3, -0.25) is 4.79 Å². The normalized spacial score (nSPS) is 11.5. The first-order chi connectivity index (χ1) is 11.2. The van der Waals surface area contributed by atoms with Gasteiger partial charge in [-0.1, -0.05) is 5.16 Å². The average Bonchev–Trinajstić information content (AvgIpc) is 3.12. The number of aromatic nitrogens is 2. The highest BCUT2D eigenvalue weighted by Gasteiger charge is 2.38. The van der Waals surface area contributed by atoms with Crippen molar-refractivity contribution in [2.24, 2.45) is 0 Å². The zero-order chi connectivity index (χ0) is 17.9. The van der Waals surface area contributed by atoms with Crippen molar-refractivity contribution >= 4 is 17.2 Å². The predicted octanol–water partition coefficient (Wildman–Crippen LogP) is 3.47. The monoisotopic (exact) mass is 358 g/mol. The number of halogens is 3. The van der Waals surface area contributed by atoms with Crippen LogP contribution in [0.4, 0.5) is 13.2 Å². The molecular weight excluding hydrogens is 345 g/mol. The van der Waals surface area contributed by atoms with Crippen LogP contribution in [0.3, 0.4) is 0 Å². The molecule has 0 radical (unpaired) electrons. The summed E-state index contributed by atoms with van der Waals surface area (Å²) in [7, 11) is 0. The number of amides is 1. The molecule has 2 aromatic rings. The predicted molar refractivity (Wildman–Crippen MR) is 78.5 cm³/mol. The minimum atomic E-state index is -4.69. The standard InChI is InChI=1S/C14H13F3N4O2S/c1-8(2)21(11(22)5-6-18)7-9-3-4-10(24-9)12-19-13(23-20-12)14(15,16)17/h3-4,8H,5,7H2,1-2H3. The second-order valence-corrected chi connectivity index (χ2v) is 6.31. The van der Waals surface area contributed by atoms with E-state index >= 15 is 0 Å². The minimum absolute atomic E-state index is 0.113. The number of nitriles is 1. The van der Waals surface area contributed by atoms with E-state index in [1.54, 1.807) is 12.1 Å². The lowest BCUT2D eigenvalue weighted by atomic mass is 10.2. The highest BCUT2D eigenvalue weighted by Crippen LogP contribution is 2.32. The van der Waals surface area contributed by atoms with Gasteiger partial charge in [0.1, 0.15) is 6.42 Å². The number of rotatable bonds is 5. The van der Waals surface area contributed by atoms with Gasteiger partial charge in [-0.25, -0.2) is 0 Å². The summed E-state index contributed by atoms with van der Waals surface area (Å²) in [5, 5.41) is 12.0. The molecule has 6 nitrogen and oxygen atoms in total. The molecule has 0 bridgehead atoms. The van der Waals surface area contributed by atoms with E-state index in [1.165, 1.54) is 4.90 Å². The molecule has 0 saturated carbocycles. The van der Waals surface area contributed by atoms with Crippen LogP contribution in [-0.2, 0) is 17.5 Å². The summed E-state index contributed by atoms with van der Waals surface area (Å²) >= 11 is 1.16. The van der Waals surface area contributed by atoms with Crippen molar-refractivity contribution in [2.75, 3.05) is 0 Å². The molecule has 2 rings (SSSR count). The number of hydrogen-bond acceptors (Lipinski definition) is 6. The topological polar surface area (TPSA) is 83.0 Å². The number of thiophene rings is 1. The second kappa shape index (κ2) is 7.00. The summed E-state index contributed by atoms with van der Waals surface area (Å²) in [5.41, 5.74) is 0. The molecule has 0 aliphatic heterocycles. The Balaban J connectivity index is 2.17. The minimum Gasteiger partial charge on any atom is -0.334 e. The van der Waals surface area contributed by atoms with Crippen molar-refractivity contribution in [3.63, 3.8) is 0 Å². The summed E-state index contributed by atoms with van der Waals surface area (Å²) in [6.07, 6.45) is -4.92. The van der Waals surface area contributed by atoms with Gasteiger partial charge in [0, 0.05) is 10.9 Å². The first-order valence-electron chi connectivity index (χ1n) is 6.88. The second-order valence-electron chi connectivity index (χ2n) is 5.14. The molecule has 0 atom stereocenters. The lowest BCUT2D eigenvalue weighted by Gasteiger charge is -2.25. The Morgan fingerprint density at radius 1 is 1.46 bits per heavy atom. The fourth-order valence-electron chi connectivity index (χ4n) is 1.92. The molecule has 1 amide bonds. The first kappa shape index (κ1) is 17.9. The van der Waals surface area contributed by atoms with Crippen LogP contribution in [0, 0.1) is 11.3 Å². The third-order valence-corrected chi connectivity index (χ3v) is 4.12. The smallest absolute Gasteiger partial charge is 0.334 e. The summed E-state index contributed by atoms with van der Waals surface area (Å²) in [6, 6.07) is 4.94. The summed E-state index contributed by atoms with van der Waals surface area (Å²) in [6.45, 7) is 3.89. The number of alkyl halides is 3. The van der Waals surface area contributed by atoms with Gasteiger partial charge < -0.3 is 9.42 Å². The Morgan fingerprint density at radius 2 is 2.17 bits per heavy atom. The number of nitrogens with zero attached hydrogens (tertiary/aromatic N) is 4. The van der Waals surface area contributed by atoms with Gasteiger partial charge in [0.05, 0.1) is 17.5 Å². The zero-order valence-electron chi connectivity index (χ0n) is 12.8. The van der Waals surface area contributed by atoms with E-state index in [0.29, 0.717) is 4.88 Å². The third kappa shape index (κ3) is 4.11. The SMILES string of the molecule is CC(C)N(Cc1ccc(-c2noc(C(F)(F)F)n2)s1)C(=O)CC#N. The Morgan fingerprint density at radius 3 is 2.71 bits per heavy atom. The van der Waals surface area contributed by atoms with Crippen LogP contribution in [0.5, 0.6) is 0 Å². The van der Waals surface area contributed by atoms with Crippen molar-refractivity contribution < 1.29 is 22.5 Å². The van der Waals surface area contributed by atoms with Crippen LogP contribution in [0.25, 0.3) is 10.7 Å². The Labute approximate surface area is 139 Å². The molecule has 24 heavy (non-hydrogen) atoms. The summed E-state index contributed by atoms with van der Waals surface area (Å²) < 4.78 is 41.6. The molecule has 0 aliphatic carbocycles. The quantitative estimate of drug-likeness (QED) is 0.817. The Hall–Kier alpha value is -2.41. The summed E-state index contributed by atoms with van der Waals surface area (Å²) in [5.74, 6) is -1.86. The maximum Gasteiger partial charge on any atom is 0.471 e. The van der Waals surface area contributed by atoms with Crippen LogP contribution < -0.4 is 0 Å². The third-order valence-electron chi connectivity index (χ3n) is 3.05. The molecule has 128 valence electrons. The van der Waals surface area contributed by atoms with Gasteiger partial charge in [-0.15, -0.1) is 11.3 Å². The molecule has 2 heterocycles. The van der Waals surface area contributed by atoms with Crippen molar-refractivity contribution in [1.29, 1.82) is 5.26 Å². The maximum absolute atomic E-state index is 12.5. The molecule has 0 aromatic carbocycles. The van der Waals surface area contributed by atoms with E-state index < -0.39 is 12.1 Å². The zero-order valence-corrected chi connectivity index (χ0v) is 13.6. The van der Waals surface area contributed by atoms with Crippen molar-refractivity contribution in [3.05, 3.63) is 22.9 Å². The molecule has 0 spiro atoms. The van der Waals surface area contributed by atoms with Crippen molar-refractivity contribution in [3.8, 4) is 16.8 Å². The Kier molecular flexibility index (Phi) is 5.23. The molecule has 0 aliphatic rings. The van der Waals surface area contributed by atoms with E-state index in [-0.39, 0.29) is 30.7 Å². The van der Waals surface area contributed by atoms with Gasteiger partial charge >= 0.3 is 12.1 Å². The van der Waals surface area contributed by atoms with Crippen molar-refractivity contribution in [1.82, 2.24) is 15.0 Å². The van der Waals surface area contributed by atoms with E-state index in [1.807, 2.05) is 19.9 Å². The molecular formula is C14H13F3N4O2S. The number of carbonyl (C=O) groups excluding carboxylic acids is 1. The maximum atomic E-state index is 12.5. The van der Waals surface area contributed by atoms with E-state index in [0.717, 1.165) is 16.2 Å². The average molecular weight is 358 g/mol. The van der Waals surface area contributed by atoms with E-state index in [9.17, 15) is 18.0 Å². The van der Waals surface area contributed by atoms with E-state index in [4.69, 9.17) is 5.26 Å². The molecule has 0 saturated heterocycles. The lowest BCUT2D eigenvalue weighted by Crippen LogP contribution is -2.35. The fraction of sp³-hybridized carbons (Fsp3) is 0.429. The Bertz CT molecular complexity index is 761. The molecule has 2 aromatic heterocycles. The van der Waals surface area contributed by atoms with Crippen LogP contribution >= 0.6 is 11.3 Å². The molecule has 10 heteroatoms. The van der Waals surface area contributed by atoms with Gasteiger partial charge in [0.15, 0.2) is 0 Å². The fourth-order valence-corrected chi connectivity index (χ4v) is 2.85. The highest BCUT2D eigenvalue weighted by molar-refractivity contribution is 7.15. The van der Waals surface area contributed by atoms with Crippen LogP contribution in [0.2, 0.25) is 0 Å².